The Kier molecular flexibility index (Phi) is 4.67. The number of methoxy groups -OCH3 is 1. The van der Waals surface area contributed by atoms with Crippen molar-refractivity contribution >= 4 is 27.5 Å². The number of hydrogen-bond donors (Lipinski definition) is 2. The Hall–Kier alpha value is -2.13. The van der Waals surface area contributed by atoms with Crippen molar-refractivity contribution in [1.82, 2.24) is 9.62 Å². The molecule has 1 aromatic rings. The third kappa shape index (κ3) is 3.37. The molecule has 2 rings (SSSR count). The van der Waals surface area contributed by atoms with Crippen LogP contribution in [-0.4, -0.2) is 51.3 Å². The molecule has 9 heteroatoms. The number of anilines is 1. The van der Waals surface area contributed by atoms with Crippen LogP contribution < -0.4 is 15.4 Å². The number of amides is 2. The monoisotopic (exact) mass is 327 g/mol. The molecule has 1 saturated heterocycles. The van der Waals surface area contributed by atoms with Gasteiger partial charge in [0.25, 0.3) is 0 Å². The average Bonchev–Trinajstić information content (AvgIpc) is 2.47. The van der Waals surface area contributed by atoms with Gasteiger partial charge in [0, 0.05) is 26.1 Å². The largest absolute Gasteiger partial charge is 0.495 e. The molecular weight excluding hydrogens is 310 g/mol. The summed E-state index contributed by atoms with van der Waals surface area (Å²) in [7, 11) is -2.41. The highest BCUT2D eigenvalue weighted by Crippen LogP contribution is 2.29. The van der Waals surface area contributed by atoms with E-state index in [0.717, 1.165) is 4.31 Å². The number of sulfonamides is 1. The van der Waals surface area contributed by atoms with Gasteiger partial charge in [-0.25, -0.2) is 8.42 Å². The van der Waals surface area contributed by atoms with Crippen LogP contribution in [-0.2, 0) is 19.6 Å². The Morgan fingerprint density at radius 1 is 1.41 bits per heavy atom. The fourth-order valence-electron chi connectivity index (χ4n) is 2.09. The van der Waals surface area contributed by atoms with Crippen LogP contribution in [0.2, 0.25) is 0 Å². The molecule has 0 atom stereocenters. The number of carbonyl (C=O) groups excluding carboxylic acids is 2. The Morgan fingerprint density at radius 2 is 2.14 bits per heavy atom. The summed E-state index contributed by atoms with van der Waals surface area (Å²) < 4.78 is 31.3. The lowest BCUT2D eigenvalue weighted by atomic mass is 10.3. The molecule has 2 amide bonds. The van der Waals surface area contributed by atoms with Gasteiger partial charge in [-0.1, -0.05) is 0 Å². The molecule has 1 fully saturated rings. The first kappa shape index (κ1) is 16.2. The molecule has 1 aromatic carbocycles. The minimum Gasteiger partial charge on any atom is -0.495 e. The summed E-state index contributed by atoms with van der Waals surface area (Å²) in [5, 5.41) is 5.12. The van der Waals surface area contributed by atoms with Gasteiger partial charge in [-0.05, 0) is 12.1 Å². The standard InChI is InChI=1S/C13H17N3O5S/c1-9(17)15-11-4-3-10(7-12(11)21-2)22(19,20)16-6-5-14-13(18)8-16/h3-4,7H,5-6,8H2,1-2H3,(H,14,18)(H,15,17). The van der Waals surface area contributed by atoms with Gasteiger partial charge in [-0.15, -0.1) is 0 Å². The van der Waals surface area contributed by atoms with Gasteiger partial charge in [0.1, 0.15) is 5.75 Å². The molecule has 0 unspecified atom stereocenters. The van der Waals surface area contributed by atoms with Gasteiger partial charge in [-0.3, -0.25) is 9.59 Å². The number of ether oxygens (including phenoxy) is 1. The van der Waals surface area contributed by atoms with Crippen molar-refractivity contribution in [2.45, 2.75) is 11.8 Å². The van der Waals surface area contributed by atoms with Crippen molar-refractivity contribution in [3.63, 3.8) is 0 Å². The van der Waals surface area contributed by atoms with Gasteiger partial charge in [0.2, 0.25) is 21.8 Å². The van der Waals surface area contributed by atoms with Gasteiger partial charge in [0.15, 0.2) is 0 Å². The highest BCUT2D eigenvalue weighted by Gasteiger charge is 2.29. The van der Waals surface area contributed by atoms with Crippen molar-refractivity contribution in [3.05, 3.63) is 18.2 Å². The lowest BCUT2D eigenvalue weighted by molar-refractivity contribution is -0.122. The van der Waals surface area contributed by atoms with Crippen LogP contribution in [0.5, 0.6) is 5.75 Å². The van der Waals surface area contributed by atoms with Crippen molar-refractivity contribution < 1.29 is 22.7 Å². The normalized spacial score (nSPS) is 16.0. The second kappa shape index (κ2) is 6.32. The predicted octanol–water partition coefficient (Wildman–Crippen LogP) is -0.226. The first-order valence-corrected chi connectivity index (χ1v) is 8.01. The summed E-state index contributed by atoms with van der Waals surface area (Å²) in [5.41, 5.74) is 0.380. The SMILES string of the molecule is COc1cc(S(=O)(=O)N2CCNC(=O)C2)ccc1NC(C)=O. The average molecular weight is 327 g/mol. The molecule has 120 valence electrons. The third-order valence-corrected chi connectivity index (χ3v) is 4.97. The van der Waals surface area contributed by atoms with Crippen LogP contribution in [0.3, 0.4) is 0 Å². The van der Waals surface area contributed by atoms with Gasteiger partial charge in [0.05, 0.1) is 24.2 Å². The quantitative estimate of drug-likeness (QED) is 0.795. The van der Waals surface area contributed by atoms with E-state index in [1.54, 1.807) is 0 Å². The first-order valence-electron chi connectivity index (χ1n) is 6.57. The fourth-order valence-corrected chi connectivity index (χ4v) is 3.51. The van der Waals surface area contributed by atoms with Crippen LogP contribution in [0.4, 0.5) is 5.69 Å². The van der Waals surface area contributed by atoms with E-state index in [1.165, 1.54) is 32.2 Å². The van der Waals surface area contributed by atoms with Gasteiger partial charge in [-0.2, -0.15) is 4.31 Å². The summed E-state index contributed by atoms with van der Waals surface area (Å²) in [6.07, 6.45) is 0. The van der Waals surface area contributed by atoms with Crippen molar-refractivity contribution in [3.8, 4) is 5.75 Å². The summed E-state index contributed by atoms with van der Waals surface area (Å²) in [5.74, 6) is -0.393. The number of nitrogens with zero attached hydrogens (tertiary/aromatic N) is 1. The van der Waals surface area contributed by atoms with E-state index >= 15 is 0 Å². The smallest absolute Gasteiger partial charge is 0.243 e. The van der Waals surface area contributed by atoms with Crippen LogP contribution >= 0.6 is 0 Å². The lowest BCUT2D eigenvalue weighted by Gasteiger charge is -2.26. The van der Waals surface area contributed by atoms with Crippen molar-refractivity contribution in [2.75, 3.05) is 32.1 Å². The molecule has 8 nitrogen and oxygen atoms in total. The Balaban J connectivity index is 2.35. The molecule has 0 spiro atoms. The van der Waals surface area contributed by atoms with Gasteiger partial charge >= 0.3 is 0 Å². The van der Waals surface area contributed by atoms with Crippen molar-refractivity contribution in [1.29, 1.82) is 0 Å². The molecule has 0 aliphatic carbocycles. The summed E-state index contributed by atoms with van der Waals surface area (Å²) >= 11 is 0. The highest BCUT2D eigenvalue weighted by atomic mass is 32.2. The number of carbonyl (C=O) groups is 2. The molecule has 22 heavy (non-hydrogen) atoms. The first-order chi connectivity index (χ1) is 10.3. The zero-order chi connectivity index (χ0) is 16.3. The zero-order valence-electron chi connectivity index (χ0n) is 12.3. The number of rotatable bonds is 4. The van der Waals surface area contributed by atoms with Crippen molar-refractivity contribution in [2.24, 2.45) is 0 Å². The second-order valence-corrected chi connectivity index (χ2v) is 6.67. The molecule has 0 aromatic heterocycles. The second-order valence-electron chi connectivity index (χ2n) is 4.73. The maximum atomic E-state index is 12.5. The minimum atomic E-state index is -3.79. The van der Waals surface area contributed by atoms with E-state index in [2.05, 4.69) is 10.6 Å². The maximum absolute atomic E-state index is 12.5. The molecule has 0 radical (unpaired) electrons. The predicted molar refractivity (Wildman–Crippen MR) is 79.1 cm³/mol. The molecule has 1 heterocycles. The Bertz CT molecular complexity index is 702. The molecule has 1 aliphatic heterocycles. The van der Waals surface area contributed by atoms with E-state index < -0.39 is 10.0 Å². The summed E-state index contributed by atoms with van der Waals surface area (Å²) in [6, 6.07) is 4.15. The topological polar surface area (TPSA) is 105 Å². The van der Waals surface area contributed by atoms with E-state index in [4.69, 9.17) is 4.74 Å². The number of nitrogens with one attached hydrogen (secondary N) is 2. The van der Waals surface area contributed by atoms with E-state index in [0.29, 0.717) is 5.69 Å². The van der Waals surface area contributed by atoms with Crippen LogP contribution in [0, 0.1) is 0 Å². The van der Waals surface area contributed by atoms with Crippen LogP contribution in [0.15, 0.2) is 23.1 Å². The summed E-state index contributed by atoms with van der Waals surface area (Å²) in [4.78, 5) is 22.5. The third-order valence-electron chi connectivity index (χ3n) is 3.12. The number of benzene rings is 1. The van der Waals surface area contributed by atoms with Crippen LogP contribution in [0.25, 0.3) is 0 Å². The maximum Gasteiger partial charge on any atom is 0.243 e. The Morgan fingerprint density at radius 3 is 2.73 bits per heavy atom. The van der Waals surface area contributed by atoms with Gasteiger partial charge < -0.3 is 15.4 Å². The molecule has 0 saturated carbocycles. The lowest BCUT2D eigenvalue weighted by Crippen LogP contribution is -2.49. The molecule has 1 aliphatic rings. The molecule has 2 N–H and O–H groups in total. The zero-order valence-corrected chi connectivity index (χ0v) is 13.1. The molecule has 0 bridgehead atoms. The molecular formula is C13H17N3O5S. The Labute approximate surface area is 128 Å². The number of piperazine rings is 1. The summed E-state index contributed by atoms with van der Waals surface area (Å²) in [6.45, 7) is 1.62. The minimum absolute atomic E-state index is 0.00755. The van der Waals surface area contributed by atoms with E-state index in [1.807, 2.05) is 0 Å². The fraction of sp³-hybridized carbons (Fsp3) is 0.385. The number of hydrogen-bond acceptors (Lipinski definition) is 5. The highest BCUT2D eigenvalue weighted by molar-refractivity contribution is 7.89. The van der Waals surface area contributed by atoms with E-state index in [-0.39, 0.29) is 42.1 Å². The van der Waals surface area contributed by atoms with E-state index in [9.17, 15) is 18.0 Å². The van der Waals surface area contributed by atoms with Crippen LogP contribution in [0.1, 0.15) is 6.92 Å².